The number of aryl methyl sites for hydroxylation is 2. The third-order valence-corrected chi connectivity index (χ3v) is 5.86. The van der Waals surface area contributed by atoms with E-state index in [9.17, 15) is 4.39 Å². The van der Waals surface area contributed by atoms with Crippen molar-refractivity contribution in [3.05, 3.63) is 93.1 Å². The number of halogens is 1. The molecule has 5 rings (SSSR count). The van der Waals surface area contributed by atoms with Gasteiger partial charge in [-0.2, -0.15) is 0 Å². The Kier molecular flexibility index (Phi) is 3.56. The van der Waals surface area contributed by atoms with E-state index in [1.807, 2.05) is 6.07 Å². The van der Waals surface area contributed by atoms with Crippen molar-refractivity contribution < 1.29 is 4.39 Å². The van der Waals surface area contributed by atoms with Crippen LogP contribution in [-0.4, -0.2) is 0 Å². The molecule has 128 valence electrons. The molecule has 0 spiro atoms. The van der Waals surface area contributed by atoms with Crippen LogP contribution in [0.15, 0.2) is 54.6 Å². The molecule has 0 aliphatic heterocycles. The molecule has 3 aromatic rings. The fourth-order valence-corrected chi connectivity index (χ4v) is 4.41. The van der Waals surface area contributed by atoms with Crippen molar-refractivity contribution in [2.75, 3.05) is 0 Å². The van der Waals surface area contributed by atoms with E-state index in [2.05, 4.69) is 55.5 Å². The summed E-state index contributed by atoms with van der Waals surface area (Å²) >= 11 is 0. The first kappa shape index (κ1) is 15.6. The van der Waals surface area contributed by atoms with Gasteiger partial charge in [0.2, 0.25) is 0 Å². The van der Waals surface area contributed by atoms with Crippen molar-refractivity contribution in [3.8, 4) is 11.1 Å². The van der Waals surface area contributed by atoms with Crippen molar-refractivity contribution in [1.29, 1.82) is 0 Å². The van der Waals surface area contributed by atoms with Gasteiger partial charge in [-0.1, -0.05) is 60.2 Å². The van der Waals surface area contributed by atoms with Gasteiger partial charge in [0.15, 0.2) is 0 Å². The van der Waals surface area contributed by atoms with Gasteiger partial charge in [0.1, 0.15) is 5.82 Å². The maximum Gasteiger partial charge on any atom is 0.123 e. The summed E-state index contributed by atoms with van der Waals surface area (Å²) in [4.78, 5) is 0. The number of fused-ring (bicyclic) bond motifs is 5. The highest BCUT2D eigenvalue weighted by molar-refractivity contribution is 5.74. The predicted molar refractivity (Wildman–Crippen MR) is 106 cm³/mol. The molecule has 0 saturated heterocycles. The molecule has 3 aromatic carbocycles. The van der Waals surface area contributed by atoms with Crippen molar-refractivity contribution in [3.63, 3.8) is 0 Å². The van der Waals surface area contributed by atoms with Crippen LogP contribution in [0.1, 0.15) is 34.6 Å². The second kappa shape index (κ2) is 5.95. The molecule has 0 saturated carbocycles. The highest BCUT2D eigenvalue weighted by Crippen LogP contribution is 2.29. The van der Waals surface area contributed by atoms with Crippen LogP contribution in [0.25, 0.3) is 23.3 Å². The molecule has 0 N–H and O–H groups in total. The smallest absolute Gasteiger partial charge is 0.123 e. The average molecular weight is 340 g/mol. The zero-order chi connectivity index (χ0) is 17.7. The van der Waals surface area contributed by atoms with Gasteiger partial charge in [-0.15, -0.1) is 0 Å². The minimum atomic E-state index is -0.157. The Bertz CT molecular complexity index is 1120. The Morgan fingerprint density at radius 2 is 1.65 bits per heavy atom. The molecule has 0 fully saturated rings. The third kappa shape index (κ3) is 2.50. The highest BCUT2D eigenvalue weighted by Gasteiger charge is 2.18. The van der Waals surface area contributed by atoms with Crippen molar-refractivity contribution >= 4 is 12.2 Å². The first-order valence-corrected chi connectivity index (χ1v) is 9.38. The molecule has 2 aliphatic rings. The maximum absolute atomic E-state index is 13.8. The summed E-state index contributed by atoms with van der Waals surface area (Å²) in [6.07, 6.45) is 7.88. The Balaban J connectivity index is 1.70. The Labute approximate surface area is 153 Å². The molecule has 0 bridgehead atoms. The minimum Gasteiger partial charge on any atom is -0.207 e. The predicted octanol–water partition coefficient (Wildman–Crippen LogP) is 4.65. The van der Waals surface area contributed by atoms with E-state index in [4.69, 9.17) is 0 Å². The molecule has 1 unspecified atom stereocenters. The van der Waals surface area contributed by atoms with E-state index in [-0.39, 0.29) is 5.82 Å². The second-order valence-corrected chi connectivity index (χ2v) is 7.53. The number of rotatable bonds is 1. The molecule has 1 heteroatoms. The average Bonchev–Trinajstić information content (AvgIpc) is 2.67. The van der Waals surface area contributed by atoms with E-state index in [1.54, 1.807) is 12.1 Å². The van der Waals surface area contributed by atoms with Crippen LogP contribution in [0, 0.1) is 12.7 Å². The van der Waals surface area contributed by atoms with Gasteiger partial charge in [0, 0.05) is 5.92 Å². The monoisotopic (exact) mass is 340 g/mol. The summed E-state index contributed by atoms with van der Waals surface area (Å²) in [6, 6.07) is 18.5. The maximum atomic E-state index is 13.8. The molecule has 1 atom stereocenters. The van der Waals surface area contributed by atoms with Crippen LogP contribution in [0.4, 0.5) is 4.39 Å². The van der Waals surface area contributed by atoms with Gasteiger partial charge < -0.3 is 0 Å². The third-order valence-electron chi connectivity index (χ3n) is 5.86. The molecular weight excluding hydrogens is 319 g/mol. The van der Waals surface area contributed by atoms with E-state index in [0.717, 1.165) is 24.8 Å². The molecule has 0 radical (unpaired) electrons. The zero-order valence-corrected chi connectivity index (χ0v) is 14.9. The van der Waals surface area contributed by atoms with Crippen LogP contribution in [0.5, 0.6) is 0 Å². The lowest BCUT2D eigenvalue weighted by molar-refractivity contribution is 0.627. The van der Waals surface area contributed by atoms with E-state index in [0.29, 0.717) is 5.92 Å². The van der Waals surface area contributed by atoms with Crippen LogP contribution in [0.2, 0.25) is 0 Å². The van der Waals surface area contributed by atoms with E-state index in [1.165, 1.54) is 38.3 Å². The zero-order valence-electron chi connectivity index (χ0n) is 14.9. The standard InChI is InChI=1S/C25H21F/c1-16-2-4-17(5-3-16)20-7-6-18-9-13-23-22(24(18)14-20)12-10-19-8-11-21(26)15-25(19)23/h2-5,8-9,11-15,20H,6-7,10H2,1H3. The van der Waals surface area contributed by atoms with Crippen molar-refractivity contribution in [1.82, 2.24) is 0 Å². The summed E-state index contributed by atoms with van der Waals surface area (Å²) in [6.45, 7) is 2.13. The van der Waals surface area contributed by atoms with Gasteiger partial charge >= 0.3 is 0 Å². The summed E-state index contributed by atoms with van der Waals surface area (Å²) in [5, 5.41) is 2.65. The molecule has 0 heterocycles. The summed E-state index contributed by atoms with van der Waals surface area (Å²) in [7, 11) is 0. The highest BCUT2D eigenvalue weighted by atomic mass is 19.1. The number of hydrogen-bond donors (Lipinski definition) is 0. The fraction of sp³-hybridized carbons (Fsp3) is 0.200. The van der Waals surface area contributed by atoms with E-state index >= 15 is 0 Å². The molecule has 0 aromatic heterocycles. The minimum absolute atomic E-state index is 0.157. The normalized spacial score (nSPS) is 17.4. The largest absolute Gasteiger partial charge is 0.207 e. The van der Waals surface area contributed by atoms with Gasteiger partial charge in [0.05, 0.1) is 0 Å². The molecule has 2 aliphatic carbocycles. The summed E-state index contributed by atoms with van der Waals surface area (Å²) in [5.41, 5.74) is 7.55. The lowest BCUT2D eigenvalue weighted by Crippen LogP contribution is -2.35. The quantitative estimate of drug-likeness (QED) is 0.605. The molecule has 26 heavy (non-hydrogen) atoms. The van der Waals surface area contributed by atoms with Crippen LogP contribution >= 0.6 is 0 Å². The topological polar surface area (TPSA) is 0 Å². The first-order valence-electron chi connectivity index (χ1n) is 9.38. The van der Waals surface area contributed by atoms with Crippen LogP contribution < -0.4 is 10.4 Å². The van der Waals surface area contributed by atoms with Crippen LogP contribution in [-0.2, 0) is 12.8 Å². The lowest BCUT2D eigenvalue weighted by atomic mass is 9.82. The molecular formula is C25H21F. The Morgan fingerprint density at radius 3 is 2.50 bits per heavy atom. The second-order valence-electron chi connectivity index (χ2n) is 7.53. The lowest BCUT2D eigenvalue weighted by Gasteiger charge is -2.22. The Morgan fingerprint density at radius 1 is 0.846 bits per heavy atom. The summed E-state index contributed by atoms with van der Waals surface area (Å²) < 4.78 is 13.8. The fourth-order valence-electron chi connectivity index (χ4n) is 4.41. The number of hydrogen-bond acceptors (Lipinski definition) is 0. The number of benzene rings is 3. The Hall–Kier alpha value is -2.67. The van der Waals surface area contributed by atoms with Crippen LogP contribution in [0.3, 0.4) is 0 Å². The summed E-state index contributed by atoms with van der Waals surface area (Å²) in [5.74, 6) is 0.299. The van der Waals surface area contributed by atoms with Crippen molar-refractivity contribution in [2.24, 2.45) is 0 Å². The molecule has 0 nitrogen and oxygen atoms in total. The SMILES string of the molecule is Cc1ccc(C2C=c3c(ccc4c3=CCc3ccc(F)cc3-4)CC2)cc1. The van der Waals surface area contributed by atoms with E-state index < -0.39 is 0 Å². The van der Waals surface area contributed by atoms with Gasteiger partial charge in [0.25, 0.3) is 0 Å². The van der Waals surface area contributed by atoms with Crippen molar-refractivity contribution in [2.45, 2.75) is 32.1 Å². The van der Waals surface area contributed by atoms with Gasteiger partial charge in [-0.05, 0) is 76.6 Å². The van der Waals surface area contributed by atoms with Gasteiger partial charge in [-0.3, -0.25) is 0 Å². The van der Waals surface area contributed by atoms with Gasteiger partial charge in [-0.25, -0.2) is 4.39 Å². The first-order chi connectivity index (χ1) is 12.7. The molecule has 0 amide bonds.